The molecule has 2 heteroatoms. The van der Waals surface area contributed by atoms with Gasteiger partial charge in [-0.1, -0.05) is 6.92 Å². The maximum atomic E-state index is 9.30. The predicted molar refractivity (Wildman–Crippen MR) is 37.1 cm³/mol. The third-order valence-corrected chi connectivity index (χ3v) is 1.84. The number of aliphatic hydroxyl groups is 2. The van der Waals surface area contributed by atoms with Crippen molar-refractivity contribution in [3.63, 3.8) is 0 Å². The van der Waals surface area contributed by atoms with Gasteiger partial charge in [0.1, 0.15) is 0 Å². The van der Waals surface area contributed by atoms with E-state index in [1.165, 1.54) is 0 Å². The topological polar surface area (TPSA) is 40.5 Å². The first-order chi connectivity index (χ1) is 3.85. The second kappa shape index (κ2) is 2.67. The van der Waals surface area contributed by atoms with Gasteiger partial charge in [0.25, 0.3) is 0 Å². The fourth-order valence-corrected chi connectivity index (χ4v) is 0.590. The Hall–Kier alpha value is -0.0800. The Labute approximate surface area is 56.5 Å². The number of hydrogen-bond donors (Lipinski definition) is 2. The summed E-state index contributed by atoms with van der Waals surface area (Å²) in [5, 5.41) is 18.3. The van der Waals surface area contributed by atoms with Crippen LogP contribution in [0.5, 0.6) is 0 Å². The second-order valence-corrected chi connectivity index (χ2v) is 3.18. The minimum atomic E-state index is -0.770. The van der Waals surface area contributed by atoms with Crippen molar-refractivity contribution in [2.75, 3.05) is 0 Å². The third kappa shape index (κ3) is 2.82. The Bertz CT molecular complexity index is 81.4. The first-order valence-corrected chi connectivity index (χ1v) is 3.26. The van der Waals surface area contributed by atoms with Gasteiger partial charge in [-0.25, -0.2) is 0 Å². The van der Waals surface area contributed by atoms with Gasteiger partial charge in [0.2, 0.25) is 0 Å². The Morgan fingerprint density at radius 3 is 1.56 bits per heavy atom. The van der Waals surface area contributed by atoms with E-state index in [0.29, 0.717) is 0 Å². The highest BCUT2D eigenvalue weighted by atomic mass is 16.3. The fourth-order valence-electron chi connectivity index (χ4n) is 0.590. The van der Waals surface area contributed by atoms with Crippen molar-refractivity contribution < 1.29 is 10.2 Å². The van der Waals surface area contributed by atoms with E-state index in [0.717, 1.165) is 0 Å². The van der Waals surface area contributed by atoms with Crippen LogP contribution in [0.3, 0.4) is 0 Å². The summed E-state index contributed by atoms with van der Waals surface area (Å²) in [7, 11) is 0. The Morgan fingerprint density at radius 2 is 1.56 bits per heavy atom. The molecule has 0 fully saturated rings. The summed E-state index contributed by atoms with van der Waals surface area (Å²) in [5.74, 6) is -0.0718. The van der Waals surface area contributed by atoms with Crippen LogP contribution in [0.25, 0.3) is 0 Å². The van der Waals surface area contributed by atoms with E-state index in [4.69, 9.17) is 5.11 Å². The van der Waals surface area contributed by atoms with Gasteiger partial charge in [-0.3, -0.25) is 0 Å². The quantitative estimate of drug-likeness (QED) is 0.582. The van der Waals surface area contributed by atoms with Crippen LogP contribution in [0, 0.1) is 5.92 Å². The van der Waals surface area contributed by atoms with Gasteiger partial charge < -0.3 is 10.2 Å². The summed E-state index contributed by atoms with van der Waals surface area (Å²) in [6.45, 7) is 6.90. The number of hydrogen-bond acceptors (Lipinski definition) is 2. The Balaban J connectivity index is 3.88. The third-order valence-electron chi connectivity index (χ3n) is 1.84. The Morgan fingerprint density at radius 1 is 1.22 bits per heavy atom. The largest absolute Gasteiger partial charge is 0.393 e. The zero-order valence-electron chi connectivity index (χ0n) is 6.55. The predicted octanol–water partition coefficient (Wildman–Crippen LogP) is 0.774. The standard InChI is InChI=1S/C7H16O2/c1-5(6(2)8)7(3,4)9/h5-6,8-9H,1-4H3/t5-,6+/m1/s1. The van der Waals surface area contributed by atoms with E-state index in [1.807, 2.05) is 6.92 Å². The van der Waals surface area contributed by atoms with Crippen LogP contribution in [0.4, 0.5) is 0 Å². The Kier molecular flexibility index (Phi) is 2.65. The highest BCUT2D eigenvalue weighted by Crippen LogP contribution is 2.18. The molecule has 2 atom stereocenters. The molecule has 0 aromatic carbocycles. The van der Waals surface area contributed by atoms with Crippen molar-refractivity contribution in [2.24, 2.45) is 5.92 Å². The van der Waals surface area contributed by atoms with Gasteiger partial charge in [-0.2, -0.15) is 0 Å². The van der Waals surface area contributed by atoms with Crippen molar-refractivity contribution in [3.8, 4) is 0 Å². The van der Waals surface area contributed by atoms with Crippen molar-refractivity contribution in [1.29, 1.82) is 0 Å². The highest BCUT2D eigenvalue weighted by molar-refractivity contribution is 4.76. The molecule has 0 spiro atoms. The van der Waals surface area contributed by atoms with Gasteiger partial charge in [0.05, 0.1) is 11.7 Å². The average Bonchev–Trinajstić information content (AvgIpc) is 1.62. The number of rotatable bonds is 2. The highest BCUT2D eigenvalue weighted by Gasteiger charge is 2.25. The molecule has 2 nitrogen and oxygen atoms in total. The second-order valence-electron chi connectivity index (χ2n) is 3.18. The number of aliphatic hydroxyl groups excluding tert-OH is 1. The van der Waals surface area contributed by atoms with Crippen molar-refractivity contribution in [1.82, 2.24) is 0 Å². The molecule has 0 bridgehead atoms. The summed E-state index contributed by atoms with van der Waals surface area (Å²) in [4.78, 5) is 0. The van der Waals surface area contributed by atoms with E-state index < -0.39 is 11.7 Å². The minimum absolute atomic E-state index is 0.0718. The molecule has 0 aliphatic heterocycles. The normalized spacial score (nSPS) is 19.3. The van der Waals surface area contributed by atoms with Crippen LogP contribution in [-0.4, -0.2) is 21.9 Å². The van der Waals surface area contributed by atoms with Gasteiger partial charge in [-0.15, -0.1) is 0 Å². The van der Waals surface area contributed by atoms with Crippen molar-refractivity contribution in [3.05, 3.63) is 0 Å². The summed E-state index contributed by atoms with van der Waals surface area (Å²) >= 11 is 0. The lowest BCUT2D eigenvalue weighted by Gasteiger charge is -2.27. The van der Waals surface area contributed by atoms with E-state index in [9.17, 15) is 5.11 Å². The van der Waals surface area contributed by atoms with E-state index in [1.54, 1.807) is 20.8 Å². The van der Waals surface area contributed by atoms with Crippen LogP contribution in [0.2, 0.25) is 0 Å². The SMILES string of the molecule is C[C@H](O)[C@@H](C)C(C)(C)O. The lowest BCUT2D eigenvalue weighted by atomic mass is 9.89. The summed E-state index contributed by atoms with van der Waals surface area (Å²) in [5.41, 5.74) is -0.770. The summed E-state index contributed by atoms with van der Waals surface area (Å²) < 4.78 is 0. The van der Waals surface area contributed by atoms with Crippen LogP contribution in [0.1, 0.15) is 27.7 Å². The maximum Gasteiger partial charge on any atom is 0.0641 e. The molecule has 0 rings (SSSR count). The molecule has 0 amide bonds. The first-order valence-electron chi connectivity index (χ1n) is 3.26. The van der Waals surface area contributed by atoms with Gasteiger partial charge in [0.15, 0.2) is 0 Å². The van der Waals surface area contributed by atoms with E-state index in [-0.39, 0.29) is 5.92 Å². The smallest absolute Gasteiger partial charge is 0.0641 e. The lowest BCUT2D eigenvalue weighted by molar-refractivity contribution is -0.0310. The van der Waals surface area contributed by atoms with Gasteiger partial charge >= 0.3 is 0 Å². The molecule has 0 unspecified atom stereocenters. The molecule has 56 valence electrons. The fraction of sp³-hybridized carbons (Fsp3) is 1.00. The van der Waals surface area contributed by atoms with Crippen LogP contribution < -0.4 is 0 Å². The first kappa shape index (κ1) is 8.92. The van der Waals surface area contributed by atoms with Crippen molar-refractivity contribution >= 4 is 0 Å². The van der Waals surface area contributed by atoms with Gasteiger partial charge in [0, 0.05) is 5.92 Å². The van der Waals surface area contributed by atoms with Crippen molar-refractivity contribution in [2.45, 2.75) is 39.4 Å². The molecule has 0 saturated heterocycles. The molecule has 2 N–H and O–H groups in total. The van der Waals surface area contributed by atoms with E-state index in [2.05, 4.69) is 0 Å². The molecule has 0 aliphatic carbocycles. The molecule has 0 aromatic rings. The lowest BCUT2D eigenvalue weighted by Crippen LogP contribution is -2.35. The average molecular weight is 132 g/mol. The monoisotopic (exact) mass is 132 g/mol. The molecule has 0 heterocycles. The molecular weight excluding hydrogens is 116 g/mol. The van der Waals surface area contributed by atoms with E-state index >= 15 is 0 Å². The zero-order valence-corrected chi connectivity index (χ0v) is 6.55. The molecule has 0 aromatic heterocycles. The molecule has 0 saturated carbocycles. The molecule has 9 heavy (non-hydrogen) atoms. The minimum Gasteiger partial charge on any atom is -0.393 e. The van der Waals surface area contributed by atoms with Crippen LogP contribution >= 0.6 is 0 Å². The van der Waals surface area contributed by atoms with Crippen LogP contribution in [-0.2, 0) is 0 Å². The maximum absolute atomic E-state index is 9.30. The summed E-state index contributed by atoms with van der Waals surface area (Å²) in [6.07, 6.45) is -0.440. The van der Waals surface area contributed by atoms with Gasteiger partial charge in [-0.05, 0) is 20.8 Å². The summed E-state index contributed by atoms with van der Waals surface area (Å²) in [6, 6.07) is 0. The van der Waals surface area contributed by atoms with Crippen LogP contribution in [0.15, 0.2) is 0 Å². The zero-order chi connectivity index (χ0) is 7.65. The molecular formula is C7H16O2. The molecule has 0 radical (unpaired) electrons. The molecule has 0 aliphatic rings.